The Kier molecular flexibility index (Phi) is 5.41. The number of hydrogen-bond acceptors (Lipinski definition) is 2. The lowest BCUT2D eigenvalue weighted by Crippen LogP contribution is -2.43. The van der Waals surface area contributed by atoms with E-state index in [4.69, 9.17) is 5.11 Å². The summed E-state index contributed by atoms with van der Waals surface area (Å²) in [4.78, 5) is 14.9. The first-order valence-corrected chi connectivity index (χ1v) is 7.68. The van der Waals surface area contributed by atoms with Crippen LogP contribution in [0, 0.1) is 18.8 Å². The minimum Gasteiger partial charge on any atom is -0.384 e. The van der Waals surface area contributed by atoms with Crippen molar-refractivity contribution < 1.29 is 9.90 Å². The number of nitrogens with zero attached hydrogens (tertiary/aromatic N) is 1. The summed E-state index contributed by atoms with van der Waals surface area (Å²) in [7, 11) is 0. The number of likely N-dealkylation sites (tertiary alicyclic amines) is 1. The number of piperidine rings is 1. The first kappa shape index (κ1) is 15.6. The molecule has 0 aliphatic carbocycles. The van der Waals surface area contributed by atoms with Gasteiger partial charge in [-0.15, -0.1) is 0 Å². The predicted octanol–water partition coefficient (Wildman–Crippen LogP) is 2.74. The molecular weight excluding hydrogens is 262 g/mol. The molecule has 112 valence electrons. The molecule has 1 aliphatic rings. The number of aliphatic hydroxyl groups excluding tert-OH is 1. The Morgan fingerprint density at radius 3 is 2.95 bits per heavy atom. The van der Waals surface area contributed by atoms with Crippen LogP contribution in [0.2, 0.25) is 0 Å². The number of carbonyl (C=O) groups is 1. The largest absolute Gasteiger partial charge is 0.384 e. The lowest BCUT2D eigenvalue weighted by molar-refractivity contribution is 0.0607. The van der Waals surface area contributed by atoms with Gasteiger partial charge in [0, 0.05) is 23.7 Å². The molecule has 3 heteroatoms. The van der Waals surface area contributed by atoms with Gasteiger partial charge in [-0.2, -0.15) is 0 Å². The fourth-order valence-corrected chi connectivity index (χ4v) is 2.92. The zero-order valence-electron chi connectivity index (χ0n) is 12.9. The van der Waals surface area contributed by atoms with Crippen LogP contribution in [0.1, 0.15) is 54.1 Å². The lowest BCUT2D eigenvalue weighted by atomic mass is 9.97. The van der Waals surface area contributed by atoms with E-state index in [1.807, 2.05) is 30.0 Å². The molecule has 0 radical (unpaired) electrons. The highest BCUT2D eigenvalue weighted by molar-refractivity contribution is 5.96. The molecule has 1 aliphatic heterocycles. The normalized spacial score (nSPS) is 18.0. The lowest BCUT2D eigenvalue weighted by Gasteiger charge is -2.35. The van der Waals surface area contributed by atoms with E-state index in [0.717, 1.165) is 42.5 Å². The fraction of sp³-hybridized carbons (Fsp3) is 0.500. The number of amides is 1. The van der Waals surface area contributed by atoms with Crippen LogP contribution < -0.4 is 0 Å². The van der Waals surface area contributed by atoms with E-state index in [1.54, 1.807) is 0 Å². The van der Waals surface area contributed by atoms with Crippen molar-refractivity contribution in [3.05, 3.63) is 34.9 Å². The molecule has 0 saturated carbocycles. The first-order valence-electron chi connectivity index (χ1n) is 7.68. The van der Waals surface area contributed by atoms with Gasteiger partial charge in [-0.25, -0.2) is 0 Å². The van der Waals surface area contributed by atoms with Gasteiger partial charge in [-0.3, -0.25) is 4.79 Å². The maximum Gasteiger partial charge on any atom is 0.254 e. The van der Waals surface area contributed by atoms with Gasteiger partial charge in [0.15, 0.2) is 0 Å². The van der Waals surface area contributed by atoms with Crippen LogP contribution in [-0.4, -0.2) is 35.1 Å². The molecule has 1 fully saturated rings. The Bertz CT molecular complexity index is 568. The second-order valence-electron chi connectivity index (χ2n) is 5.55. The molecule has 2 rings (SSSR count). The molecule has 0 aromatic heterocycles. The van der Waals surface area contributed by atoms with E-state index in [-0.39, 0.29) is 12.5 Å². The number of hydrogen-bond donors (Lipinski definition) is 1. The maximum atomic E-state index is 12.8. The molecule has 1 unspecified atom stereocenters. The SMILES string of the molecule is CCC1CCCCN1C(=O)c1cc(C#CCO)ccc1C. The van der Waals surface area contributed by atoms with Gasteiger partial charge < -0.3 is 10.0 Å². The van der Waals surface area contributed by atoms with Gasteiger partial charge in [0.25, 0.3) is 5.91 Å². The number of rotatable bonds is 2. The Labute approximate surface area is 127 Å². The third-order valence-electron chi connectivity index (χ3n) is 4.14. The minimum absolute atomic E-state index is 0.117. The predicted molar refractivity (Wildman–Crippen MR) is 84.1 cm³/mol. The van der Waals surface area contributed by atoms with E-state index < -0.39 is 0 Å². The Balaban J connectivity index is 2.29. The van der Waals surface area contributed by atoms with Gasteiger partial charge in [-0.05, 0) is 50.3 Å². The molecule has 1 N–H and O–H groups in total. The summed E-state index contributed by atoms with van der Waals surface area (Å²) < 4.78 is 0. The highest BCUT2D eigenvalue weighted by Gasteiger charge is 2.26. The zero-order valence-corrected chi connectivity index (χ0v) is 12.9. The van der Waals surface area contributed by atoms with E-state index in [0.29, 0.717) is 6.04 Å². The van der Waals surface area contributed by atoms with E-state index >= 15 is 0 Å². The third kappa shape index (κ3) is 3.65. The van der Waals surface area contributed by atoms with Crippen molar-refractivity contribution in [3.63, 3.8) is 0 Å². The molecule has 1 heterocycles. The van der Waals surface area contributed by atoms with Crippen LogP contribution in [0.3, 0.4) is 0 Å². The van der Waals surface area contributed by atoms with Crippen LogP contribution in [0.5, 0.6) is 0 Å². The third-order valence-corrected chi connectivity index (χ3v) is 4.14. The number of aryl methyl sites for hydroxylation is 1. The molecule has 0 spiro atoms. The van der Waals surface area contributed by atoms with Crippen molar-refractivity contribution in [2.75, 3.05) is 13.2 Å². The van der Waals surface area contributed by atoms with Crippen LogP contribution in [0.4, 0.5) is 0 Å². The first-order chi connectivity index (χ1) is 10.2. The molecule has 1 amide bonds. The zero-order chi connectivity index (χ0) is 15.2. The van der Waals surface area contributed by atoms with E-state index in [2.05, 4.69) is 18.8 Å². The molecule has 0 bridgehead atoms. The summed E-state index contributed by atoms with van der Waals surface area (Å²) in [6, 6.07) is 6.03. The minimum atomic E-state index is -0.165. The summed E-state index contributed by atoms with van der Waals surface area (Å²) in [5.41, 5.74) is 2.50. The molecule has 3 nitrogen and oxygen atoms in total. The summed E-state index contributed by atoms with van der Waals surface area (Å²) in [6.07, 6.45) is 4.41. The van der Waals surface area contributed by atoms with Crippen molar-refractivity contribution in [2.45, 2.75) is 45.6 Å². The molecule has 1 aromatic carbocycles. The fourth-order valence-electron chi connectivity index (χ4n) is 2.92. The van der Waals surface area contributed by atoms with Crippen LogP contribution >= 0.6 is 0 Å². The Hall–Kier alpha value is -1.79. The van der Waals surface area contributed by atoms with Gasteiger partial charge in [0.2, 0.25) is 0 Å². The summed E-state index contributed by atoms with van der Waals surface area (Å²) in [5, 5.41) is 8.78. The van der Waals surface area contributed by atoms with Crippen LogP contribution in [-0.2, 0) is 0 Å². The second-order valence-corrected chi connectivity index (χ2v) is 5.55. The monoisotopic (exact) mass is 285 g/mol. The van der Waals surface area contributed by atoms with E-state index in [9.17, 15) is 4.79 Å². The molecular formula is C18H23NO2. The molecule has 1 atom stereocenters. The highest BCUT2D eigenvalue weighted by atomic mass is 16.2. The molecule has 1 aromatic rings. The number of carbonyl (C=O) groups excluding carboxylic acids is 1. The van der Waals surface area contributed by atoms with Crippen molar-refractivity contribution in [2.24, 2.45) is 0 Å². The highest BCUT2D eigenvalue weighted by Crippen LogP contribution is 2.23. The summed E-state index contributed by atoms with van der Waals surface area (Å²) in [5.74, 6) is 5.62. The standard InChI is InChI=1S/C18H23NO2/c1-3-16-8-4-5-11-19(16)18(21)17-13-15(7-6-12-20)10-9-14(17)2/h9-10,13,16,20H,3-5,8,11-12H2,1-2H3. The second kappa shape index (κ2) is 7.28. The van der Waals surface area contributed by atoms with Gasteiger partial charge in [0.05, 0.1) is 0 Å². The topological polar surface area (TPSA) is 40.5 Å². The quantitative estimate of drug-likeness (QED) is 0.849. The number of benzene rings is 1. The Morgan fingerprint density at radius 2 is 2.24 bits per heavy atom. The molecule has 1 saturated heterocycles. The van der Waals surface area contributed by atoms with Crippen molar-refractivity contribution in [3.8, 4) is 11.8 Å². The van der Waals surface area contributed by atoms with Crippen molar-refractivity contribution in [1.82, 2.24) is 4.90 Å². The molecule has 21 heavy (non-hydrogen) atoms. The van der Waals surface area contributed by atoms with Crippen LogP contribution in [0.25, 0.3) is 0 Å². The summed E-state index contributed by atoms with van der Waals surface area (Å²) >= 11 is 0. The average molecular weight is 285 g/mol. The van der Waals surface area contributed by atoms with Gasteiger partial charge in [-0.1, -0.05) is 24.8 Å². The smallest absolute Gasteiger partial charge is 0.254 e. The van der Waals surface area contributed by atoms with Gasteiger partial charge in [0.1, 0.15) is 6.61 Å². The van der Waals surface area contributed by atoms with E-state index in [1.165, 1.54) is 6.42 Å². The average Bonchev–Trinajstić information content (AvgIpc) is 2.53. The van der Waals surface area contributed by atoms with Crippen molar-refractivity contribution in [1.29, 1.82) is 0 Å². The van der Waals surface area contributed by atoms with Crippen LogP contribution in [0.15, 0.2) is 18.2 Å². The Morgan fingerprint density at radius 1 is 1.43 bits per heavy atom. The summed E-state index contributed by atoms with van der Waals surface area (Å²) in [6.45, 7) is 4.79. The van der Waals surface area contributed by atoms with Crippen molar-refractivity contribution >= 4 is 5.91 Å². The number of aliphatic hydroxyl groups is 1. The maximum absolute atomic E-state index is 12.8. The van der Waals surface area contributed by atoms with Gasteiger partial charge >= 0.3 is 0 Å².